The standard InChI is InChI=1S/C19H31NO2S/c1-18(13-21)3-2-4-20(12-18)17(22)11-23-19-8-14-5-15(9-19)7-16(6-14)10-19/h14-16,21H,2-13H2,1H3/t14?,15?,16?,18-,19?/m1/s1. The summed E-state index contributed by atoms with van der Waals surface area (Å²) in [4.78, 5) is 14.7. The highest BCUT2D eigenvalue weighted by atomic mass is 32.2. The Hall–Kier alpha value is -0.220. The minimum Gasteiger partial charge on any atom is -0.396 e. The van der Waals surface area contributed by atoms with E-state index in [0.29, 0.717) is 16.4 Å². The van der Waals surface area contributed by atoms with E-state index in [1.54, 1.807) is 0 Å². The van der Waals surface area contributed by atoms with Gasteiger partial charge in [0.15, 0.2) is 0 Å². The van der Waals surface area contributed by atoms with Gasteiger partial charge >= 0.3 is 0 Å². The molecule has 0 aromatic carbocycles. The monoisotopic (exact) mass is 337 g/mol. The van der Waals surface area contributed by atoms with Crippen molar-refractivity contribution in [3.63, 3.8) is 0 Å². The van der Waals surface area contributed by atoms with Crippen molar-refractivity contribution in [3.05, 3.63) is 0 Å². The molecule has 23 heavy (non-hydrogen) atoms. The smallest absolute Gasteiger partial charge is 0.232 e. The fraction of sp³-hybridized carbons (Fsp3) is 0.947. The molecule has 1 atom stereocenters. The highest BCUT2D eigenvalue weighted by molar-refractivity contribution is 8.01. The van der Waals surface area contributed by atoms with Crippen molar-refractivity contribution >= 4 is 17.7 Å². The van der Waals surface area contributed by atoms with Crippen LogP contribution in [0.4, 0.5) is 0 Å². The van der Waals surface area contributed by atoms with Crippen molar-refractivity contribution in [2.24, 2.45) is 23.2 Å². The van der Waals surface area contributed by atoms with E-state index < -0.39 is 0 Å². The molecule has 1 amide bonds. The molecule has 1 saturated heterocycles. The van der Waals surface area contributed by atoms with E-state index in [-0.39, 0.29) is 12.0 Å². The van der Waals surface area contributed by atoms with Crippen LogP contribution in [0, 0.1) is 23.2 Å². The minimum absolute atomic E-state index is 0.0841. The number of thioether (sulfide) groups is 1. The summed E-state index contributed by atoms with van der Waals surface area (Å²) in [5.41, 5.74) is -0.0841. The van der Waals surface area contributed by atoms with Crippen molar-refractivity contribution < 1.29 is 9.90 Å². The molecular weight excluding hydrogens is 306 g/mol. The Bertz CT molecular complexity index is 445. The van der Waals surface area contributed by atoms with Crippen molar-refractivity contribution in [3.8, 4) is 0 Å². The van der Waals surface area contributed by atoms with Gasteiger partial charge in [0.2, 0.25) is 5.91 Å². The van der Waals surface area contributed by atoms with E-state index in [4.69, 9.17) is 0 Å². The van der Waals surface area contributed by atoms with E-state index in [0.717, 1.165) is 43.7 Å². The summed E-state index contributed by atoms with van der Waals surface area (Å²) >= 11 is 1.99. The number of likely N-dealkylation sites (tertiary alicyclic amines) is 1. The molecule has 5 aliphatic rings. The van der Waals surface area contributed by atoms with Crippen LogP contribution in [0.15, 0.2) is 0 Å². The number of carbonyl (C=O) groups excluding carboxylic acids is 1. The van der Waals surface area contributed by atoms with E-state index in [2.05, 4.69) is 6.92 Å². The summed E-state index contributed by atoms with van der Waals surface area (Å²) in [7, 11) is 0. The summed E-state index contributed by atoms with van der Waals surface area (Å²) in [6.07, 6.45) is 10.6. The van der Waals surface area contributed by atoms with Crippen LogP contribution in [0.25, 0.3) is 0 Å². The maximum atomic E-state index is 12.7. The van der Waals surface area contributed by atoms with Gasteiger partial charge < -0.3 is 10.0 Å². The minimum atomic E-state index is -0.0841. The molecular formula is C19H31NO2S. The highest BCUT2D eigenvalue weighted by Crippen LogP contribution is 2.60. The Morgan fingerprint density at radius 1 is 1.17 bits per heavy atom. The first-order valence-electron chi connectivity index (χ1n) is 9.52. The molecule has 5 rings (SSSR count). The molecule has 0 radical (unpaired) electrons. The first kappa shape index (κ1) is 16.3. The number of carbonyl (C=O) groups is 1. The summed E-state index contributed by atoms with van der Waals surface area (Å²) in [5.74, 6) is 3.84. The van der Waals surface area contributed by atoms with Gasteiger partial charge in [0, 0.05) is 23.3 Å². The summed E-state index contributed by atoms with van der Waals surface area (Å²) < 4.78 is 0.431. The molecule has 130 valence electrons. The number of piperidine rings is 1. The van der Waals surface area contributed by atoms with E-state index >= 15 is 0 Å². The number of hydrogen-bond acceptors (Lipinski definition) is 3. The normalized spacial score (nSPS) is 45.5. The van der Waals surface area contributed by atoms with Gasteiger partial charge in [-0.2, -0.15) is 0 Å². The fourth-order valence-electron chi connectivity index (χ4n) is 6.17. The molecule has 1 aliphatic heterocycles. The lowest BCUT2D eigenvalue weighted by atomic mass is 9.56. The Balaban J connectivity index is 1.35. The lowest BCUT2D eigenvalue weighted by Gasteiger charge is -2.56. The van der Waals surface area contributed by atoms with Crippen molar-refractivity contribution in [2.45, 2.75) is 63.0 Å². The number of rotatable bonds is 4. The van der Waals surface area contributed by atoms with Gasteiger partial charge in [0.05, 0.1) is 12.4 Å². The van der Waals surface area contributed by atoms with Crippen LogP contribution in [0.3, 0.4) is 0 Å². The molecule has 1 heterocycles. The largest absolute Gasteiger partial charge is 0.396 e. The predicted molar refractivity (Wildman–Crippen MR) is 94.4 cm³/mol. The molecule has 4 bridgehead atoms. The van der Waals surface area contributed by atoms with E-state index in [1.165, 1.54) is 38.5 Å². The maximum Gasteiger partial charge on any atom is 0.232 e. The molecule has 0 aromatic rings. The number of aliphatic hydroxyl groups excluding tert-OH is 1. The third kappa shape index (κ3) is 3.18. The Morgan fingerprint density at radius 3 is 2.35 bits per heavy atom. The third-order valence-electron chi connectivity index (χ3n) is 7.00. The predicted octanol–water partition coefficient (Wildman–Crippen LogP) is 3.31. The van der Waals surface area contributed by atoms with Gasteiger partial charge in [-0.1, -0.05) is 6.92 Å². The fourth-order valence-corrected chi connectivity index (χ4v) is 7.84. The summed E-state index contributed by atoms with van der Waals surface area (Å²) in [6.45, 7) is 3.93. The summed E-state index contributed by atoms with van der Waals surface area (Å²) in [6, 6.07) is 0. The lowest BCUT2D eigenvalue weighted by molar-refractivity contribution is -0.132. The van der Waals surface area contributed by atoms with Crippen LogP contribution >= 0.6 is 11.8 Å². The van der Waals surface area contributed by atoms with Gasteiger partial charge in [-0.05, 0) is 69.1 Å². The van der Waals surface area contributed by atoms with Crippen LogP contribution in [0.1, 0.15) is 58.3 Å². The van der Waals surface area contributed by atoms with E-state index in [1.807, 2.05) is 16.7 Å². The molecule has 0 unspecified atom stereocenters. The lowest BCUT2D eigenvalue weighted by Crippen LogP contribution is -2.50. The Labute approximate surface area is 144 Å². The number of nitrogens with zero attached hydrogens (tertiary/aromatic N) is 1. The van der Waals surface area contributed by atoms with Gasteiger partial charge in [0.25, 0.3) is 0 Å². The molecule has 3 nitrogen and oxygen atoms in total. The third-order valence-corrected chi connectivity index (χ3v) is 8.50. The Kier molecular flexibility index (Phi) is 4.20. The van der Waals surface area contributed by atoms with Crippen molar-refractivity contribution in [1.82, 2.24) is 4.90 Å². The molecule has 4 heteroatoms. The number of amides is 1. The molecule has 0 aromatic heterocycles. The average molecular weight is 338 g/mol. The van der Waals surface area contributed by atoms with Crippen LogP contribution in [0.5, 0.6) is 0 Å². The van der Waals surface area contributed by atoms with E-state index in [9.17, 15) is 9.90 Å². The number of hydrogen-bond donors (Lipinski definition) is 1. The zero-order chi connectivity index (χ0) is 16.1. The Morgan fingerprint density at radius 2 is 1.78 bits per heavy atom. The summed E-state index contributed by atoms with van der Waals surface area (Å²) in [5, 5.41) is 9.59. The van der Waals surface area contributed by atoms with Gasteiger partial charge in [0.1, 0.15) is 0 Å². The molecule has 0 spiro atoms. The van der Waals surface area contributed by atoms with Gasteiger partial charge in [-0.25, -0.2) is 0 Å². The zero-order valence-electron chi connectivity index (χ0n) is 14.4. The second kappa shape index (κ2) is 5.94. The average Bonchev–Trinajstić information content (AvgIpc) is 2.51. The van der Waals surface area contributed by atoms with Crippen molar-refractivity contribution in [1.29, 1.82) is 0 Å². The topological polar surface area (TPSA) is 40.5 Å². The first-order chi connectivity index (χ1) is 11.0. The van der Waals surface area contributed by atoms with Gasteiger partial charge in [-0.3, -0.25) is 4.79 Å². The molecule has 4 saturated carbocycles. The molecule has 1 N–H and O–H groups in total. The quantitative estimate of drug-likeness (QED) is 0.855. The number of aliphatic hydroxyl groups is 1. The van der Waals surface area contributed by atoms with Crippen LogP contribution < -0.4 is 0 Å². The van der Waals surface area contributed by atoms with Crippen LogP contribution in [0.2, 0.25) is 0 Å². The second-order valence-electron chi connectivity index (χ2n) is 9.28. The van der Waals surface area contributed by atoms with Gasteiger partial charge in [-0.15, -0.1) is 11.8 Å². The first-order valence-corrected chi connectivity index (χ1v) is 10.5. The molecule has 4 aliphatic carbocycles. The van der Waals surface area contributed by atoms with Crippen molar-refractivity contribution in [2.75, 3.05) is 25.4 Å². The van der Waals surface area contributed by atoms with Crippen LogP contribution in [-0.2, 0) is 4.79 Å². The molecule has 5 fully saturated rings. The highest BCUT2D eigenvalue weighted by Gasteiger charge is 2.51. The zero-order valence-corrected chi connectivity index (χ0v) is 15.2. The SMILES string of the molecule is C[C@@]1(CO)CCCN(C(=O)CSC23CC4CC(CC(C4)C2)C3)C1. The maximum absolute atomic E-state index is 12.7. The second-order valence-corrected chi connectivity index (χ2v) is 10.7. The van der Waals surface area contributed by atoms with Crippen LogP contribution in [-0.4, -0.2) is 46.1 Å².